The van der Waals surface area contributed by atoms with Gasteiger partial charge in [0, 0.05) is 41.8 Å². The zero-order chi connectivity index (χ0) is 13.7. The van der Waals surface area contributed by atoms with Gasteiger partial charge in [0.2, 0.25) is 0 Å². The van der Waals surface area contributed by atoms with Gasteiger partial charge in [-0.1, -0.05) is 24.3 Å². The maximum atomic E-state index is 12.6. The topological polar surface area (TPSA) is 36.1 Å². The molecule has 1 aromatic heterocycles. The fraction of sp³-hybridized carbons (Fsp3) is 0.353. The minimum atomic E-state index is -0.0140. The van der Waals surface area contributed by atoms with Crippen LogP contribution in [0.25, 0.3) is 10.9 Å². The van der Waals surface area contributed by atoms with Crippen molar-refractivity contribution in [3.8, 4) is 0 Å². The Kier molecular flexibility index (Phi) is 2.57. The molecule has 2 unspecified atom stereocenters. The molecule has 0 aliphatic carbocycles. The molecule has 0 radical (unpaired) electrons. The molecule has 3 heteroatoms. The Balaban J connectivity index is 1.92. The summed E-state index contributed by atoms with van der Waals surface area (Å²) in [6.07, 6.45) is 3.01. The molecule has 1 saturated heterocycles. The number of Topliss-reactive ketones (excluding diaryl/α,β-unsaturated/α-hetero) is 1. The van der Waals surface area contributed by atoms with Crippen LogP contribution in [0.2, 0.25) is 0 Å². The Labute approximate surface area is 118 Å². The van der Waals surface area contributed by atoms with Gasteiger partial charge in [0.25, 0.3) is 0 Å². The van der Waals surface area contributed by atoms with E-state index in [1.54, 1.807) is 0 Å². The third-order valence-corrected chi connectivity index (χ3v) is 4.69. The molecule has 102 valence electrons. The van der Waals surface area contributed by atoms with Gasteiger partial charge in [-0.25, -0.2) is 0 Å². The molecule has 1 fully saturated rings. The first kappa shape index (κ1) is 11.9. The van der Waals surface area contributed by atoms with Crippen LogP contribution in [-0.4, -0.2) is 35.3 Å². The number of piperidine rings is 1. The van der Waals surface area contributed by atoms with Crippen molar-refractivity contribution >= 4 is 16.7 Å². The SMILES string of the molecule is CC=C1CN2CCc3c([nH]c4ccccc34)C(C2)C1=O. The Morgan fingerprint density at radius 3 is 3.05 bits per heavy atom. The number of hydrogen-bond donors (Lipinski definition) is 1. The highest BCUT2D eigenvalue weighted by Gasteiger charge is 2.36. The van der Waals surface area contributed by atoms with Crippen LogP contribution in [-0.2, 0) is 11.2 Å². The highest BCUT2D eigenvalue weighted by molar-refractivity contribution is 6.02. The Morgan fingerprint density at radius 1 is 1.35 bits per heavy atom. The number of fused-ring (bicyclic) bond motifs is 6. The number of carbonyl (C=O) groups is 1. The summed E-state index contributed by atoms with van der Waals surface area (Å²) in [5, 5.41) is 1.28. The van der Waals surface area contributed by atoms with Crippen molar-refractivity contribution < 1.29 is 4.79 Å². The Bertz CT molecular complexity index is 726. The second-order valence-electron chi connectivity index (χ2n) is 5.78. The van der Waals surface area contributed by atoms with E-state index < -0.39 is 0 Å². The molecule has 1 aromatic carbocycles. The van der Waals surface area contributed by atoms with Gasteiger partial charge in [0.1, 0.15) is 0 Å². The van der Waals surface area contributed by atoms with Crippen molar-refractivity contribution in [1.29, 1.82) is 0 Å². The second-order valence-corrected chi connectivity index (χ2v) is 5.78. The van der Waals surface area contributed by atoms with Crippen LogP contribution in [0.3, 0.4) is 0 Å². The van der Waals surface area contributed by atoms with E-state index in [2.05, 4.69) is 28.1 Å². The number of carbonyl (C=O) groups excluding carboxylic acids is 1. The number of allylic oxidation sites excluding steroid dienone is 1. The average Bonchev–Trinajstić information content (AvgIpc) is 2.77. The summed E-state index contributed by atoms with van der Waals surface area (Å²) < 4.78 is 0. The molecule has 3 nitrogen and oxygen atoms in total. The number of nitrogens with one attached hydrogen (secondary N) is 1. The lowest BCUT2D eigenvalue weighted by Gasteiger charge is -2.30. The fourth-order valence-electron chi connectivity index (χ4n) is 3.63. The summed E-state index contributed by atoms with van der Waals surface area (Å²) >= 11 is 0. The monoisotopic (exact) mass is 266 g/mol. The van der Waals surface area contributed by atoms with Gasteiger partial charge in [0.15, 0.2) is 5.78 Å². The van der Waals surface area contributed by atoms with Gasteiger partial charge >= 0.3 is 0 Å². The quantitative estimate of drug-likeness (QED) is 0.744. The van der Waals surface area contributed by atoms with Crippen LogP contribution in [0, 0.1) is 0 Å². The molecule has 1 N–H and O–H groups in total. The third-order valence-electron chi connectivity index (χ3n) is 4.69. The van der Waals surface area contributed by atoms with Crippen molar-refractivity contribution in [2.75, 3.05) is 19.6 Å². The van der Waals surface area contributed by atoms with Crippen LogP contribution in [0.5, 0.6) is 0 Å². The molecule has 20 heavy (non-hydrogen) atoms. The first-order valence-corrected chi connectivity index (χ1v) is 7.29. The van der Waals surface area contributed by atoms with Gasteiger partial charge in [-0.15, -0.1) is 0 Å². The number of hydrogen-bond acceptors (Lipinski definition) is 2. The standard InChI is InChI=1S/C17H18N2O/c1-2-11-9-19-8-7-13-12-5-3-4-6-15(12)18-16(13)14(10-19)17(11)20/h2-6,14,18H,7-10H2,1H3. The van der Waals surface area contributed by atoms with Crippen LogP contribution in [0.1, 0.15) is 24.1 Å². The predicted molar refractivity (Wildman–Crippen MR) is 79.9 cm³/mol. The highest BCUT2D eigenvalue weighted by atomic mass is 16.1. The van der Waals surface area contributed by atoms with Gasteiger partial charge in [-0.05, 0) is 25.0 Å². The lowest BCUT2D eigenvalue weighted by atomic mass is 9.89. The van der Waals surface area contributed by atoms with Crippen LogP contribution < -0.4 is 0 Å². The normalized spacial score (nSPS) is 27.6. The molecule has 2 bridgehead atoms. The molecule has 2 aromatic rings. The van der Waals surface area contributed by atoms with E-state index in [1.165, 1.54) is 10.9 Å². The summed E-state index contributed by atoms with van der Waals surface area (Å²) in [5.74, 6) is 0.290. The maximum Gasteiger partial charge on any atom is 0.170 e. The number of H-pyrrole nitrogens is 1. The molecule has 0 saturated carbocycles. The number of aromatic amines is 1. The molecule has 0 spiro atoms. The number of aromatic nitrogens is 1. The summed E-state index contributed by atoms with van der Waals surface area (Å²) in [6.45, 7) is 4.68. The number of nitrogens with zero attached hydrogens (tertiary/aromatic N) is 1. The van der Waals surface area contributed by atoms with Crippen molar-refractivity contribution in [3.05, 3.63) is 47.2 Å². The molecule has 3 heterocycles. The van der Waals surface area contributed by atoms with Crippen molar-refractivity contribution in [1.82, 2.24) is 9.88 Å². The van der Waals surface area contributed by atoms with Crippen LogP contribution in [0.15, 0.2) is 35.9 Å². The smallest absolute Gasteiger partial charge is 0.170 e. The van der Waals surface area contributed by atoms with Crippen LogP contribution >= 0.6 is 0 Å². The Hall–Kier alpha value is -1.87. The molecular weight excluding hydrogens is 248 g/mol. The third kappa shape index (κ3) is 1.59. The van der Waals surface area contributed by atoms with E-state index in [0.717, 1.165) is 42.8 Å². The minimum Gasteiger partial charge on any atom is -0.358 e. The van der Waals surface area contributed by atoms with Gasteiger partial charge in [0.05, 0.1) is 5.92 Å². The molecule has 4 rings (SSSR count). The summed E-state index contributed by atoms with van der Waals surface area (Å²) in [4.78, 5) is 18.6. The van der Waals surface area contributed by atoms with Gasteiger partial charge in [-0.3, -0.25) is 9.69 Å². The summed E-state index contributed by atoms with van der Waals surface area (Å²) in [6, 6.07) is 8.39. The zero-order valence-electron chi connectivity index (χ0n) is 11.6. The van der Waals surface area contributed by atoms with E-state index in [0.29, 0.717) is 5.78 Å². The number of ketones is 1. The highest BCUT2D eigenvalue weighted by Crippen LogP contribution is 2.35. The summed E-state index contributed by atoms with van der Waals surface area (Å²) in [5.41, 5.74) is 4.62. The first-order valence-electron chi connectivity index (χ1n) is 7.29. The van der Waals surface area contributed by atoms with Crippen molar-refractivity contribution in [2.24, 2.45) is 0 Å². The fourth-order valence-corrected chi connectivity index (χ4v) is 3.63. The van der Waals surface area contributed by atoms with Crippen molar-refractivity contribution in [2.45, 2.75) is 19.3 Å². The maximum absolute atomic E-state index is 12.6. The predicted octanol–water partition coefficient (Wildman–Crippen LogP) is 2.64. The van der Waals surface area contributed by atoms with Gasteiger partial charge in [-0.2, -0.15) is 0 Å². The summed E-state index contributed by atoms with van der Waals surface area (Å²) in [7, 11) is 0. The number of benzene rings is 1. The average molecular weight is 266 g/mol. The van der Waals surface area contributed by atoms with E-state index in [4.69, 9.17) is 0 Å². The number of rotatable bonds is 0. The molecule has 2 aliphatic rings. The largest absolute Gasteiger partial charge is 0.358 e. The van der Waals surface area contributed by atoms with Gasteiger partial charge < -0.3 is 4.98 Å². The van der Waals surface area contributed by atoms with E-state index in [-0.39, 0.29) is 5.92 Å². The van der Waals surface area contributed by atoms with E-state index in [1.807, 2.05) is 19.1 Å². The Morgan fingerprint density at radius 2 is 2.20 bits per heavy atom. The second kappa shape index (κ2) is 4.32. The molecular formula is C17H18N2O. The molecule has 0 amide bonds. The zero-order valence-corrected chi connectivity index (χ0v) is 11.6. The first-order chi connectivity index (χ1) is 9.78. The molecule has 2 aliphatic heterocycles. The minimum absolute atomic E-state index is 0.0140. The van der Waals surface area contributed by atoms with Crippen molar-refractivity contribution in [3.63, 3.8) is 0 Å². The lowest BCUT2D eigenvalue weighted by Crippen LogP contribution is -2.40. The van der Waals surface area contributed by atoms with E-state index >= 15 is 0 Å². The number of para-hydroxylation sites is 1. The molecule has 2 atom stereocenters. The van der Waals surface area contributed by atoms with E-state index in [9.17, 15) is 4.79 Å². The van der Waals surface area contributed by atoms with Crippen LogP contribution in [0.4, 0.5) is 0 Å². The lowest BCUT2D eigenvalue weighted by molar-refractivity contribution is -0.118.